The van der Waals surface area contributed by atoms with E-state index < -0.39 is 0 Å². The van der Waals surface area contributed by atoms with E-state index in [0.29, 0.717) is 18.3 Å². The zero-order valence-electron chi connectivity index (χ0n) is 12.8. The molecule has 1 aromatic rings. The van der Waals surface area contributed by atoms with Crippen molar-refractivity contribution < 1.29 is 9.26 Å². The third-order valence-corrected chi connectivity index (χ3v) is 3.72. The molecule has 1 aliphatic rings. The van der Waals surface area contributed by atoms with E-state index in [4.69, 9.17) is 9.26 Å². The lowest BCUT2D eigenvalue weighted by molar-refractivity contribution is 0.0477. The molecule has 20 heavy (non-hydrogen) atoms. The lowest BCUT2D eigenvalue weighted by Gasteiger charge is -2.30. The molecule has 6 nitrogen and oxygen atoms in total. The number of piperazine rings is 1. The topological polar surface area (TPSA) is 63.4 Å². The van der Waals surface area contributed by atoms with Gasteiger partial charge in [-0.2, -0.15) is 4.98 Å². The van der Waals surface area contributed by atoms with Crippen molar-refractivity contribution in [3.05, 3.63) is 11.7 Å². The summed E-state index contributed by atoms with van der Waals surface area (Å²) in [5.41, 5.74) is 0. The molecule has 0 radical (unpaired) electrons. The number of nitrogens with one attached hydrogen (secondary N) is 1. The summed E-state index contributed by atoms with van der Waals surface area (Å²) in [5, 5.41) is 7.47. The zero-order chi connectivity index (χ0) is 14.4. The minimum Gasteiger partial charge on any atom is -0.370 e. The fourth-order valence-electron chi connectivity index (χ4n) is 2.52. The number of ether oxygens (including phenoxy) is 1. The van der Waals surface area contributed by atoms with Gasteiger partial charge in [0, 0.05) is 32.8 Å². The van der Waals surface area contributed by atoms with Crippen LogP contribution in [-0.4, -0.2) is 47.8 Å². The predicted molar refractivity (Wildman–Crippen MR) is 76.4 cm³/mol. The Hall–Kier alpha value is -0.980. The van der Waals surface area contributed by atoms with E-state index in [9.17, 15) is 0 Å². The summed E-state index contributed by atoms with van der Waals surface area (Å²) in [6, 6.07) is 0.169. The molecule has 1 fully saturated rings. The maximum atomic E-state index is 5.70. The smallest absolute Gasteiger partial charge is 0.243 e. The number of aromatic nitrogens is 2. The third kappa shape index (κ3) is 3.77. The van der Waals surface area contributed by atoms with Gasteiger partial charge in [-0.25, -0.2) is 0 Å². The lowest BCUT2D eigenvalue weighted by Crippen LogP contribution is -2.44. The first kappa shape index (κ1) is 15.4. The Kier molecular flexibility index (Phi) is 5.94. The Balaban J connectivity index is 2.02. The van der Waals surface area contributed by atoms with Crippen LogP contribution in [0, 0.1) is 0 Å². The van der Waals surface area contributed by atoms with Crippen molar-refractivity contribution in [2.24, 2.45) is 0 Å². The monoisotopic (exact) mass is 282 g/mol. The standard InChI is InChI=1S/C14H26N4O2/c1-4-6-12(19-5-2)13-16-14(20-17-13)11(3)18-9-7-15-8-10-18/h11-12,15H,4-10H2,1-3H3. The molecule has 1 aliphatic heterocycles. The molecule has 1 aromatic heterocycles. The van der Waals surface area contributed by atoms with Gasteiger partial charge in [-0.15, -0.1) is 0 Å². The summed E-state index contributed by atoms with van der Waals surface area (Å²) >= 11 is 0. The van der Waals surface area contributed by atoms with Crippen LogP contribution in [-0.2, 0) is 4.74 Å². The van der Waals surface area contributed by atoms with Crippen molar-refractivity contribution in [1.82, 2.24) is 20.4 Å². The molecule has 0 bridgehead atoms. The van der Waals surface area contributed by atoms with E-state index in [1.165, 1.54) is 0 Å². The van der Waals surface area contributed by atoms with E-state index in [0.717, 1.165) is 39.0 Å². The Morgan fingerprint density at radius 1 is 1.35 bits per heavy atom. The molecular formula is C14H26N4O2. The van der Waals surface area contributed by atoms with Crippen LogP contribution < -0.4 is 5.32 Å². The summed E-state index contributed by atoms with van der Waals surface area (Å²) < 4.78 is 11.1. The molecule has 1 N–H and O–H groups in total. The normalized spacial score (nSPS) is 19.9. The SMILES string of the molecule is CCCC(OCC)c1noc(C(C)N2CCNCC2)n1. The quantitative estimate of drug-likeness (QED) is 0.824. The summed E-state index contributed by atoms with van der Waals surface area (Å²) in [6.45, 7) is 11.0. The first-order chi connectivity index (χ1) is 9.76. The molecule has 0 spiro atoms. The van der Waals surface area contributed by atoms with Gasteiger partial charge in [-0.1, -0.05) is 18.5 Å². The fraction of sp³-hybridized carbons (Fsp3) is 0.857. The fourth-order valence-corrected chi connectivity index (χ4v) is 2.52. The highest BCUT2D eigenvalue weighted by Gasteiger charge is 2.25. The molecule has 0 saturated carbocycles. The number of rotatable bonds is 7. The van der Waals surface area contributed by atoms with Crippen LogP contribution in [0.1, 0.15) is 57.5 Å². The van der Waals surface area contributed by atoms with Gasteiger partial charge in [-0.05, 0) is 20.3 Å². The minimum atomic E-state index is -0.0438. The van der Waals surface area contributed by atoms with E-state index in [1.54, 1.807) is 0 Å². The first-order valence-electron chi connectivity index (χ1n) is 7.66. The molecule has 2 unspecified atom stereocenters. The minimum absolute atomic E-state index is 0.0438. The molecule has 0 amide bonds. The van der Waals surface area contributed by atoms with E-state index >= 15 is 0 Å². The molecule has 0 aliphatic carbocycles. The summed E-state index contributed by atoms with van der Waals surface area (Å²) in [5.74, 6) is 1.38. The van der Waals surface area contributed by atoms with Gasteiger partial charge in [-0.3, -0.25) is 4.90 Å². The van der Waals surface area contributed by atoms with Crippen molar-refractivity contribution in [2.75, 3.05) is 32.8 Å². The van der Waals surface area contributed by atoms with Gasteiger partial charge in [0.1, 0.15) is 6.10 Å². The molecule has 6 heteroatoms. The van der Waals surface area contributed by atoms with Crippen molar-refractivity contribution in [3.8, 4) is 0 Å². The van der Waals surface area contributed by atoms with Crippen molar-refractivity contribution in [1.29, 1.82) is 0 Å². The average molecular weight is 282 g/mol. The van der Waals surface area contributed by atoms with Crippen LogP contribution in [0.15, 0.2) is 4.52 Å². The average Bonchev–Trinajstić information content (AvgIpc) is 2.97. The Morgan fingerprint density at radius 2 is 2.10 bits per heavy atom. The predicted octanol–water partition coefficient (Wildman–Crippen LogP) is 1.91. The highest BCUT2D eigenvalue weighted by Crippen LogP contribution is 2.24. The molecule has 114 valence electrons. The van der Waals surface area contributed by atoms with Crippen LogP contribution in [0.25, 0.3) is 0 Å². The van der Waals surface area contributed by atoms with Gasteiger partial charge in [0.2, 0.25) is 11.7 Å². The van der Waals surface area contributed by atoms with Crippen LogP contribution in [0.4, 0.5) is 0 Å². The second kappa shape index (κ2) is 7.71. The van der Waals surface area contributed by atoms with Crippen molar-refractivity contribution in [3.63, 3.8) is 0 Å². The van der Waals surface area contributed by atoms with Crippen molar-refractivity contribution in [2.45, 2.75) is 45.8 Å². The summed E-state index contributed by atoms with van der Waals surface area (Å²) in [6.07, 6.45) is 1.93. The maximum absolute atomic E-state index is 5.70. The Labute approximate surface area is 120 Å². The Morgan fingerprint density at radius 3 is 2.75 bits per heavy atom. The molecule has 1 saturated heterocycles. The summed E-state index contributed by atoms with van der Waals surface area (Å²) in [7, 11) is 0. The van der Waals surface area contributed by atoms with Gasteiger partial charge in [0.05, 0.1) is 6.04 Å². The van der Waals surface area contributed by atoms with Gasteiger partial charge >= 0.3 is 0 Å². The third-order valence-electron chi connectivity index (χ3n) is 3.72. The molecule has 2 atom stereocenters. The van der Waals surface area contributed by atoms with Gasteiger partial charge < -0.3 is 14.6 Å². The molecule has 0 aromatic carbocycles. The number of nitrogens with zero attached hydrogens (tertiary/aromatic N) is 3. The highest BCUT2D eigenvalue weighted by atomic mass is 16.5. The van der Waals surface area contributed by atoms with Crippen LogP contribution in [0.2, 0.25) is 0 Å². The zero-order valence-corrected chi connectivity index (χ0v) is 12.8. The van der Waals surface area contributed by atoms with Gasteiger partial charge in [0.15, 0.2) is 0 Å². The van der Waals surface area contributed by atoms with Crippen molar-refractivity contribution >= 4 is 0 Å². The van der Waals surface area contributed by atoms with E-state index in [-0.39, 0.29) is 12.1 Å². The largest absolute Gasteiger partial charge is 0.370 e. The number of hydrogen-bond acceptors (Lipinski definition) is 6. The van der Waals surface area contributed by atoms with E-state index in [1.807, 2.05) is 6.92 Å². The second-order valence-corrected chi connectivity index (χ2v) is 5.19. The molecular weight excluding hydrogens is 256 g/mol. The molecule has 2 heterocycles. The van der Waals surface area contributed by atoms with Crippen LogP contribution in [0.5, 0.6) is 0 Å². The second-order valence-electron chi connectivity index (χ2n) is 5.19. The lowest BCUT2D eigenvalue weighted by atomic mass is 10.2. The summed E-state index contributed by atoms with van der Waals surface area (Å²) in [4.78, 5) is 6.92. The Bertz CT molecular complexity index is 384. The van der Waals surface area contributed by atoms with Gasteiger partial charge in [0.25, 0.3) is 0 Å². The first-order valence-corrected chi connectivity index (χ1v) is 7.66. The van der Waals surface area contributed by atoms with Crippen LogP contribution >= 0.6 is 0 Å². The highest BCUT2D eigenvalue weighted by molar-refractivity contribution is 4.96. The van der Waals surface area contributed by atoms with E-state index in [2.05, 4.69) is 34.2 Å². The maximum Gasteiger partial charge on any atom is 0.243 e. The van der Waals surface area contributed by atoms with Crippen LogP contribution in [0.3, 0.4) is 0 Å². The molecule has 2 rings (SSSR count). The number of hydrogen-bond donors (Lipinski definition) is 1.